The predicted octanol–water partition coefficient (Wildman–Crippen LogP) is 2.79. The highest BCUT2D eigenvalue weighted by atomic mass is 32.2. The van der Waals surface area contributed by atoms with Crippen LogP contribution in [0.15, 0.2) is 34.2 Å². The fraction of sp³-hybridized carbons (Fsp3) is 0.467. The van der Waals surface area contributed by atoms with Crippen LogP contribution in [0.25, 0.3) is 0 Å². The van der Waals surface area contributed by atoms with Gasteiger partial charge in [-0.2, -0.15) is 0 Å². The minimum Gasteiger partial charge on any atom is -0.377 e. The molecule has 3 rings (SSSR count). The molecule has 112 valence electrons. The number of amides is 1. The molecule has 0 bridgehead atoms. The van der Waals surface area contributed by atoms with E-state index in [4.69, 9.17) is 4.74 Å². The Labute approximate surface area is 133 Å². The second-order valence-electron chi connectivity index (χ2n) is 4.93. The Morgan fingerprint density at radius 2 is 2.38 bits per heavy atom. The fourth-order valence-corrected chi connectivity index (χ4v) is 4.16. The van der Waals surface area contributed by atoms with Crippen LogP contribution in [-0.4, -0.2) is 41.8 Å². The highest BCUT2D eigenvalue weighted by Gasteiger charge is 2.19. The summed E-state index contributed by atoms with van der Waals surface area (Å²) >= 11 is 3.29. The van der Waals surface area contributed by atoms with E-state index in [0.29, 0.717) is 6.10 Å². The summed E-state index contributed by atoms with van der Waals surface area (Å²) in [6, 6.07) is 7.73. The van der Waals surface area contributed by atoms with Gasteiger partial charge in [-0.15, -0.1) is 11.8 Å². The maximum Gasteiger partial charge on any atom is 0.258 e. The van der Waals surface area contributed by atoms with Crippen LogP contribution in [0, 0.1) is 0 Å². The third-order valence-corrected chi connectivity index (χ3v) is 5.48. The van der Waals surface area contributed by atoms with Crippen molar-refractivity contribution in [3.05, 3.63) is 29.8 Å². The molecular weight excluding hydrogens is 304 g/mol. The van der Waals surface area contributed by atoms with Gasteiger partial charge >= 0.3 is 0 Å². The molecule has 1 atom stereocenters. The average Bonchev–Trinajstić information content (AvgIpc) is 3.18. The lowest BCUT2D eigenvalue weighted by Gasteiger charge is -2.12. The van der Waals surface area contributed by atoms with Gasteiger partial charge in [-0.3, -0.25) is 9.79 Å². The quantitative estimate of drug-likeness (QED) is 0.866. The van der Waals surface area contributed by atoms with E-state index in [1.807, 2.05) is 24.3 Å². The van der Waals surface area contributed by atoms with E-state index >= 15 is 0 Å². The van der Waals surface area contributed by atoms with Crippen LogP contribution >= 0.6 is 23.5 Å². The zero-order valence-corrected chi connectivity index (χ0v) is 13.3. The number of amidine groups is 1. The topological polar surface area (TPSA) is 50.7 Å². The third-order valence-electron chi connectivity index (χ3n) is 3.39. The van der Waals surface area contributed by atoms with Crippen molar-refractivity contribution in [2.45, 2.75) is 23.8 Å². The standard InChI is InChI=1S/C15H18N2O2S2/c18-14(17-15-16-7-9-20-15)12-5-1-2-6-13(12)21-10-11-4-3-8-19-11/h1-2,5-6,11H,3-4,7-10H2,(H,16,17,18). The molecule has 1 saturated heterocycles. The molecular formula is C15H18N2O2S2. The molecule has 0 spiro atoms. The molecule has 2 heterocycles. The zero-order valence-electron chi connectivity index (χ0n) is 11.7. The third kappa shape index (κ3) is 4.02. The van der Waals surface area contributed by atoms with Crippen molar-refractivity contribution in [2.75, 3.05) is 24.7 Å². The predicted molar refractivity (Wildman–Crippen MR) is 88.4 cm³/mol. The van der Waals surface area contributed by atoms with Gasteiger partial charge in [0, 0.05) is 23.0 Å². The van der Waals surface area contributed by atoms with Crippen molar-refractivity contribution in [1.82, 2.24) is 5.32 Å². The number of benzene rings is 1. The Morgan fingerprint density at radius 3 is 3.14 bits per heavy atom. The molecule has 1 aromatic carbocycles. The number of ether oxygens (including phenoxy) is 1. The summed E-state index contributed by atoms with van der Waals surface area (Å²) in [7, 11) is 0. The van der Waals surface area contributed by atoms with Crippen LogP contribution in [0.4, 0.5) is 0 Å². The van der Waals surface area contributed by atoms with Crippen LogP contribution in [0.5, 0.6) is 0 Å². The second-order valence-corrected chi connectivity index (χ2v) is 7.08. The van der Waals surface area contributed by atoms with Crippen LogP contribution in [0.2, 0.25) is 0 Å². The SMILES string of the molecule is O=C(NC1=NCCS1)c1ccccc1SCC1CCCO1. The molecule has 2 aliphatic heterocycles. The fourth-order valence-electron chi connectivity index (χ4n) is 2.31. The van der Waals surface area contributed by atoms with E-state index in [9.17, 15) is 4.79 Å². The first kappa shape index (κ1) is 14.9. The number of hydrogen-bond acceptors (Lipinski definition) is 5. The first-order valence-electron chi connectivity index (χ1n) is 7.15. The Bertz CT molecular complexity index is 542. The van der Waals surface area contributed by atoms with Crippen molar-refractivity contribution < 1.29 is 9.53 Å². The first-order chi connectivity index (χ1) is 10.3. The van der Waals surface area contributed by atoms with E-state index in [1.54, 1.807) is 23.5 Å². The van der Waals surface area contributed by atoms with E-state index in [-0.39, 0.29) is 5.91 Å². The van der Waals surface area contributed by atoms with Crippen molar-refractivity contribution in [2.24, 2.45) is 4.99 Å². The summed E-state index contributed by atoms with van der Waals surface area (Å²) in [5, 5.41) is 3.63. The number of nitrogens with zero attached hydrogens (tertiary/aromatic N) is 1. The molecule has 0 aromatic heterocycles. The van der Waals surface area contributed by atoms with Crippen molar-refractivity contribution in [3.8, 4) is 0 Å². The molecule has 1 amide bonds. The summed E-state index contributed by atoms with van der Waals surface area (Å²) in [6.45, 7) is 1.65. The van der Waals surface area contributed by atoms with Crippen molar-refractivity contribution in [3.63, 3.8) is 0 Å². The van der Waals surface area contributed by atoms with Gasteiger partial charge < -0.3 is 10.1 Å². The number of nitrogens with one attached hydrogen (secondary N) is 1. The maximum atomic E-state index is 12.4. The number of thioether (sulfide) groups is 2. The van der Waals surface area contributed by atoms with Crippen LogP contribution in [-0.2, 0) is 4.74 Å². The summed E-state index contributed by atoms with van der Waals surface area (Å²) in [4.78, 5) is 17.6. The van der Waals surface area contributed by atoms with Crippen LogP contribution in [0.3, 0.4) is 0 Å². The highest BCUT2D eigenvalue weighted by Crippen LogP contribution is 2.27. The number of rotatable bonds is 4. The number of hydrogen-bond donors (Lipinski definition) is 1. The summed E-state index contributed by atoms with van der Waals surface area (Å²) in [6.07, 6.45) is 2.58. The van der Waals surface area contributed by atoms with Crippen LogP contribution in [0.1, 0.15) is 23.2 Å². The largest absolute Gasteiger partial charge is 0.377 e. The van der Waals surface area contributed by atoms with E-state index in [0.717, 1.165) is 53.1 Å². The van der Waals surface area contributed by atoms with Crippen molar-refractivity contribution in [1.29, 1.82) is 0 Å². The first-order valence-corrected chi connectivity index (χ1v) is 9.12. The number of aliphatic imine (C=N–C) groups is 1. The molecule has 0 aliphatic carbocycles. The van der Waals surface area contributed by atoms with Gasteiger partial charge in [-0.05, 0) is 25.0 Å². The van der Waals surface area contributed by atoms with E-state index < -0.39 is 0 Å². The van der Waals surface area contributed by atoms with Crippen LogP contribution < -0.4 is 5.32 Å². The summed E-state index contributed by atoms with van der Waals surface area (Å²) in [5.74, 6) is 1.78. The molecule has 0 radical (unpaired) electrons. The number of carbonyl (C=O) groups is 1. The van der Waals surface area contributed by atoms with Gasteiger partial charge in [0.1, 0.15) is 0 Å². The lowest BCUT2D eigenvalue weighted by Crippen LogP contribution is -2.27. The molecule has 1 fully saturated rings. The molecule has 1 unspecified atom stereocenters. The Morgan fingerprint density at radius 1 is 1.48 bits per heavy atom. The summed E-state index contributed by atoms with van der Waals surface area (Å²) < 4.78 is 5.64. The van der Waals surface area contributed by atoms with Gasteiger partial charge in [0.25, 0.3) is 5.91 Å². The smallest absolute Gasteiger partial charge is 0.258 e. The Hall–Kier alpha value is -0.980. The monoisotopic (exact) mass is 322 g/mol. The van der Waals surface area contributed by atoms with Gasteiger partial charge in [0.2, 0.25) is 0 Å². The van der Waals surface area contributed by atoms with Gasteiger partial charge in [0.15, 0.2) is 5.17 Å². The average molecular weight is 322 g/mol. The molecule has 2 aliphatic rings. The van der Waals surface area contributed by atoms with Gasteiger partial charge in [0.05, 0.1) is 18.2 Å². The van der Waals surface area contributed by atoms with E-state index in [1.165, 1.54) is 0 Å². The molecule has 4 nitrogen and oxygen atoms in total. The minimum atomic E-state index is -0.0707. The zero-order chi connectivity index (χ0) is 14.5. The normalized spacial score (nSPS) is 21.3. The number of carbonyl (C=O) groups excluding carboxylic acids is 1. The Kier molecular flexibility index (Phi) is 5.22. The highest BCUT2D eigenvalue weighted by molar-refractivity contribution is 8.14. The lowest BCUT2D eigenvalue weighted by molar-refractivity contribution is 0.0975. The Balaban J connectivity index is 1.64. The molecule has 0 saturated carbocycles. The molecule has 21 heavy (non-hydrogen) atoms. The van der Waals surface area contributed by atoms with Gasteiger partial charge in [-0.25, -0.2) is 0 Å². The molecule has 6 heteroatoms. The second kappa shape index (κ2) is 7.33. The van der Waals surface area contributed by atoms with Crippen molar-refractivity contribution >= 4 is 34.6 Å². The molecule has 1 aromatic rings. The van der Waals surface area contributed by atoms with E-state index in [2.05, 4.69) is 10.3 Å². The molecule has 1 N–H and O–H groups in total. The maximum absolute atomic E-state index is 12.4. The minimum absolute atomic E-state index is 0.0707. The van der Waals surface area contributed by atoms with Gasteiger partial charge in [-0.1, -0.05) is 23.9 Å². The lowest BCUT2D eigenvalue weighted by atomic mass is 10.2. The summed E-state index contributed by atoms with van der Waals surface area (Å²) in [5.41, 5.74) is 0.718.